The third-order valence-corrected chi connectivity index (χ3v) is 6.85. The van der Waals surface area contributed by atoms with Crippen molar-refractivity contribution < 1.29 is 23.7 Å². The zero-order valence-electron chi connectivity index (χ0n) is 17.9. The van der Waals surface area contributed by atoms with Crippen LogP contribution < -0.4 is 29.0 Å². The van der Waals surface area contributed by atoms with Crippen molar-refractivity contribution in [1.29, 1.82) is 0 Å². The van der Waals surface area contributed by atoms with Crippen LogP contribution in [0, 0.1) is 0 Å². The topological polar surface area (TPSA) is 58.2 Å². The van der Waals surface area contributed by atoms with Crippen LogP contribution in [0.5, 0.6) is 28.7 Å². The van der Waals surface area contributed by atoms with Crippen molar-refractivity contribution in [3.8, 4) is 28.7 Å². The SMILES string of the molecule is COc1ccc([C@@H]2NCC3(CCCC3)c3cc4c(cc32)OCCO4)c(OC)c1OC. The van der Waals surface area contributed by atoms with Crippen LogP contribution in [0.4, 0.5) is 0 Å². The molecule has 0 aromatic heterocycles. The Kier molecular flexibility index (Phi) is 4.89. The maximum absolute atomic E-state index is 5.94. The third-order valence-electron chi connectivity index (χ3n) is 6.85. The molecule has 2 aliphatic heterocycles. The Bertz CT molecular complexity index is 951. The van der Waals surface area contributed by atoms with Gasteiger partial charge in [0, 0.05) is 17.5 Å². The largest absolute Gasteiger partial charge is 0.493 e. The first-order valence-corrected chi connectivity index (χ1v) is 10.7. The minimum atomic E-state index is -0.0307. The molecule has 6 nitrogen and oxygen atoms in total. The fraction of sp³-hybridized carbons (Fsp3) is 0.500. The monoisotopic (exact) mass is 411 g/mol. The average molecular weight is 411 g/mol. The van der Waals surface area contributed by atoms with E-state index in [2.05, 4.69) is 23.5 Å². The lowest BCUT2D eigenvalue weighted by molar-refractivity contribution is 0.170. The van der Waals surface area contributed by atoms with Gasteiger partial charge in [0.25, 0.3) is 0 Å². The number of nitrogens with one attached hydrogen (secondary N) is 1. The predicted molar refractivity (Wildman–Crippen MR) is 114 cm³/mol. The molecule has 5 rings (SSSR count). The van der Waals surface area contributed by atoms with Crippen molar-refractivity contribution in [2.24, 2.45) is 0 Å². The standard InChI is InChI=1S/C24H29NO5/c1-26-18-7-6-15(22(27-2)23(18)28-3)21-16-12-19-20(30-11-10-29-19)13-17(16)24(14-25-21)8-4-5-9-24/h6-7,12-13,21,25H,4-5,8-11,14H2,1-3H3/t21-/m0/s1. The van der Waals surface area contributed by atoms with Crippen molar-refractivity contribution in [3.05, 3.63) is 41.0 Å². The number of ether oxygens (including phenoxy) is 5. The van der Waals surface area contributed by atoms with Gasteiger partial charge < -0.3 is 29.0 Å². The summed E-state index contributed by atoms with van der Waals surface area (Å²) in [6.07, 6.45) is 4.92. The molecule has 0 unspecified atom stereocenters. The zero-order chi connectivity index (χ0) is 20.7. The van der Waals surface area contributed by atoms with E-state index < -0.39 is 0 Å². The average Bonchev–Trinajstić information content (AvgIpc) is 3.26. The van der Waals surface area contributed by atoms with E-state index >= 15 is 0 Å². The molecule has 160 valence electrons. The minimum Gasteiger partial charge on any atom is -0.493 e. The van der Waals surface area contributed by atoms with E-state index in [0.717, 1.165) is 23.6 Å². The highest BCUT2D eigenvalue weighted by Crippen LogP contribution is 2.52. The lowest BCUT2D eigenvalue weighted by atomic mass is 9.71. The van der Waals surface area contributed by atoms with E-state index in [1.165, 1.54) is 36.8 Å². The fourth-order valence-corrected chi connectivity index (χ4v) is 5.43. The molecular weight excluding hydrogens is 382 g/mol. The molecule has 6 heteroatoms. The van der Waals surface area contributed by atoms with Gasteiger partial charge >= 0.3 is 0 Å². The van der Waals surface area contributed by atoms with Gasteiger partial charge in [0.1, 0.15) is 13.2 Å². The molecule has 1 aliphatic carbocycles. The van der Waals surface area contributed by atoms with Gasteiger partial charge in [-0.3, -0.25) is 0 Å². The molecular formula is C24H29NO5. The summed E-state index contributed by atoms with van der Waals surface area (Å²) in [5, 5.41) is 3.82. The lowest BCUT2D eigenvalue weighted by Crippen LogP contribution is -2.44. The van der Waals surface area contributed by atoms with Crippen molar-refractivity contribution in [3.63, 3.8) is 0 Å². The van der Waals surface area contributed by atoms with Gasteiger partial charge in [0.05, 0.1) is 27.4 Å². The summed E-state index contributed by atoms with van der Waals surface area (Å²) in [6, 6.07) is 8.37. The van der Waals surface area contributed by atoms with Gasteiger partial charge in [-0.25, -0.2) is 0 Å². The zero-order valence-corrected chi connectivity index (χ0v) is 17.9. The maximum Gasteiger partial charge on any atom is 0.203 e. The van der Waals surface area contributed by atoms with Gasteiger partial charge in [-0.05, 0) is 48.2 Å². The van der Waals surface area contributed by atoms with Crippen LogP contribution in [-0.2, 0) is 5.41 Å². The molecule has 0 radical (unpaired) electrons. The number of rotatable bonds is 4. The van der Waals surface area contributed by atoms with Gasteiger partial charge in [0.15, 0.2) is 23.0 Å². The molecule has 30 heavy (non-hydrogen) atoms. The molecule has 0 amide bonds. The van der Waals surface area contributed by atoms with Crippen LogP contribution in [0.15, 0.2) is 24.3 Å². The molecule has 1 spiro atoms. The van der Waals surface area contributed by atoms with Crippen LogP contribution in [0.2, 0.25) is 0 Å². The van der Waals surface area contributed by atoms with E-state index in [4.69, 9.17) is 23.7 Å². The summed E-state index contributed by atoms with van der Waals surface area (Å²) in [5.74, 6) is 3.65. The smallest absolute Gasteiger partial charge is 0.203 e. The second-order valence-electron chi connectivity index (χ2n) is 8.31. The van der Waals surface area contributed by atoms with Gasteiger partial charge in [0.2, 0.25) is 5.75 Å². The van der Waals surface area contributed by atoms with Crippen LogP contribution in [-0.4, -0.2) is 41.1 Å². The second kappa shape index (κ2) is 7.58. The van der Waals surface area contributed by atoms with Crippen molar-refractivity contribution in [2.45, 2.75) is 37.1 Å². The number of hydrogen-bond donors (Lipinski definition) is 1. The van der Waals surface area contributed by atoms with E-state index in [1.54, 1.807) is 21.3 Å². The molecule has 1 N–H and O–H groups in total. The molecule has 2 heterocycles. The van der Waals surface area contributed by atoms with Crippen LogP contribution in [0.3, 0.4) is 0 Å². The Labute approximate surface area is 177 Å². The molecule has 1 atom stereocenters. The molecule has 1 saturated carbocycles. The lowest BCUT2D eigenvalue weighted by Gasteiger charge is -2.41. The minimum absolute atomic E-state index is 0.0307. The first kappa shape index (κ1) is 19.4. The predicted octanol–water partition coefficient (Wildman–Crippen LogP) is 3.99. The number of hydrogen-bond acceptors (Lipinski definition) is 6. The van der Waals surface area contributed by atoms with Crippen molar-refractivity contribution >= 4 is 0 Å². The third kappa shape index (κ3) is 2.88. The highest BCUT2D eigenvalue weighted by Gasteiger charge is 2.44. The van der Waals surface area contributed by atoms with E-state index in [0.29, 0.717) is 30.5 Å². The molecule has 2 aromatic carbocycles. The van der Waals surface area contributed by atoms with Gasteiger partial charge in [-0.1, -0.05) is 12.8 Å². The normalized spacial score (nSPS) is 21.2. The Morgan fingerprint density at radius 2 is 1.57 bits per heavy atom. The number of benzene rings is 2. The number of methoxy groups -OCH3 is 3. The summed E-state index contributed by atoms with van der Waals surface area (Å²) in [6.45, 7) is 2.11. The molecule has 1 fully saturated rings. The van der Waals surface area contributed by atoms with Gasteiger partial charge in [-0.2, -0.15) is 0 Å². The number of fused-ring (bicyclic) bond motifs is 3. The van der Waals surface area contributed by atoms with Gasteiger partial charge in [-0.15, -0.1) is 0 Å². The molecule has 3 aliphatic rings. The summed E-state index contributed by atoms with van der Waals surface area (Å²) >= 11 is 0. The summed E-state index contributed by atoms with van der Waals surface area (Å²) in [4.78, 5) is 0. The highest BCUT2D eigenvalue weighted by molar-refractivity contribution is 5.61. The summed E-state index contributed by atoms with van der Waals surface area (Å²) < 4.78 is 28.8. The maximum atomic E-state index is 5.94. The molecule has 2 aromatic rings. The summed E-state index contributed by atoms with van der Waals surface area (Å²) in [5.41, 5.74) is 3.80. The van der Waals surface area contributed by atoms with Crippen molar-refractivity contribution in [2.75, 3.05) is 41.1 Å². The highest BCUT2D eigenvalue weighted by atomic mass is 16.6. The van der Waals surface area contributed by atoms with E-state index in [-0.39, 0.29) is 11.5 Å². The van der Waals surface area contributed by atoms with Crippen molar-refractivity contribution in [1.82, 2.24) is 5.32 Å². The second-order valence-corrected chi connectivity index (χ2v) is 8.31. The summed E-state index contributed by atoms with van der Waals surface area (Å²) in [7, 11) is 4.95. The molecule has 0 bridgehead atoms. The quantitative estimate of drug-likeness (QED) is 0.821. The Morgan fingerprint density at radius 3 is 2.23 bits per heavy atom. The Morgan fingerprint density at radius 1 is 0.867 bits per heavy atom. The Hall–Kier alpha value is -2.60. The van der Waals surface area contributed by atoms with Crippen LogP contribution in [0.1, 0.15) is 48.4 Å². The Balaban J connectivity index is 1.68. The van der Waals surface area contributed by atoms with Crippen LogP contribution in [0.25, 0.3) is 0 Å². The first-order valence-electron chi connectivity index (χ1n) is 10.7. The first-order chi connectivity index (χ1) is 14.7. The van der Waals surface area contributed by atoms with E-state index in [1.807, 2.05) is 6.07 Å². The van der Waals surface area contributed by atoms with E-state index in [9.17, 15) is 0 Å². The van der Waals surface area contributed by atoms with Crippen LogP contribution >= 0.6 is 0 Å². The fourth-order valence-electron chi connectivity index (χ4n) is 5.43. The molecule has 0 saturated heterocycles.